The standard InChI is InChI=1S/C23H29NO5/c1-6-28-19-9-8-17(13-22(19)29-7-2)23(25)24-11-10-16-12-20(26-4)21(27-5)14-18(16)15(24)3/h8-9,12-15H,6-7,10-11H2,1-5H3. The molecule has 156 valence electrons. The molecule has 1 aliphatic rings. The van der Waals surface area contributed by atoms with Gasteiger partial charge in [0.15, 0.2) is 23.0 Å². The average molecular weight is 399 g/mol. The summed E-state index contributed by atoms with van der Waals surface area (Å²) in [5, 5.41) is 0. The zero-order valence-corrected chi connectivity index (χ0v) is 17.8. The van der Waals surface area contributed by atoms with Crippen LogP contribution in [0.2, 0.25) is 0 Å². The van der Waals surface area contributed by atoms with Crippen LogP contribution >= 0.6 is 0 Å². The molecule has 0 N–H and O–H groups in total. The molecule has 0 bridgehead atoms. The molecule has 6 nitrogen and oxygen atoms in total. The second kappa shape index (κ2) is 9.07. The third kappa shape index (κ3) is 4.11. The Labute approximate surface area is 172 Å². The van der Waals surface area contributed by atoms with Gasteiger partial charge in [-0.2, -0.15) is 0 Å². The first-order valence-corrected chi connectivity index (χ1v) is 9.99. The first kappa shape index (κ1) is 20.8. The van der Waals surface area contributed by atoms with Gasteiger partial charge >= 0.3 is 0 Å². The molecule has 0 radical (unpaired) electrons. The third-order valence-electron chi connectivity index (χ3n) is 5.24. The Kier molecular flexibility index (Phi) is 6.52. The van der Waals surface area contributed by atoms with E-state index in [9.17, 15) is 4.79 Å². The fraction of sp³-hybridized carbons (Fsp3) is 0.435. The number of carbonyl (C=O) groups is 1. The van der Waals surface area contributed by atoms with Gasteiger partial charge < -0.3 is 23.8 Å². The van der Waals surface area contributed by atoms with Gasteiger partial charge in [-0.1, -0.05) is 0 Å². The molecule has 0 fully saturated rings. The molecule has 1 unspecified atom stereocenters. The van der Waals surface area contributed by atoms with Crippen molar-refractivity contribution >= 4 is 5.91 Å². The van der Waals surface area contributed by atoms with Gasteiger partial charge in [0.25, 0.3) is 5.91 Å². The fourth-order valence-corrected chi connectivity index (χ4v) is 3.77. The van der Waals surface area contributed by atoms with Crippen molar-refractivity contribution in [3.8, 4) is 23.0 Å². The Balaban J connectivity index is 1.90. The van der Waals surface area contributed by atoms with Crippen molar-refractivity contribution < 1.29 is 23.7 Å². The van der Waals surface area contributed by atoms with Crippen LogP contribution in [0, 0.1) is 0 Å². The van der Waals surface area contributed by atoms with E-state index in [1.54, 1.807) is 32.4 Å². The Hall–Kier alpha value is -2.89. The van der Waals surface area contributed by atoms with E-state index in [1.807, 2.05) is 37.8 Å². The number of amides is 1. The molecular formula is C23H29NO5. The highest BCUT2D eigenvalue weighted by Gasteiger charge is 2.30. The highest BCUT2D eigenvalue weighted by Crippen LogP contribution is 2.39. The normalized spacial score (nSPS) is 15.5. The van der Waals surface area contributed by atoms with E-state index in [0.29, 0.717) is 48.3 Å². The lowest BCUT2D eigenvalue weighted by molar-refractivity contribution is 0.0676. The maximum absolute atomic E-state index is 13.3. The molecule has 3 rings (SSSR count). The Morgan fingerprint density at radius 3 is 2.28 bits per heavy atom. The second-order valence-electron chi connectivity index (χ2n) is 6.86. The minimum atomic E-state index is -0.0758. The lowest BCUT2D eigenvalue weighted by Gasteiger charge is -2.36. The maximum atomic E-state index is 13.3. The van der Waals surface area contributed by atoms with E-state index in [0.717, 1.165) is 12.0 Å². The van der Waals surface area contributed by atoms with E-state index in [2.05, 4.69) is 0 Å². The van der Waals surface area contributed by atoms with Crippen molar-refractivity contribution in [2.24, 2.45) is 0 Å². The van der Waals surface area contributed by atoms with Gasteiger partial charge in [0, 0.05) is 12.1 Å². The van der Waals surface area contributed by atoms with Crippen LogP contribution in [0.25, 0.3) is 0 Å². The van der Waals surface area contributed by atoms with E-state index >= 15 is 0 Å². The number of methoxy groups -OCH3 is 2. The van der Waals surface area contributed by atoms with E-state index in [-0.39, 0.29) is 11.9 Å². The molecule has 1 atom stereocenters. The van der Waals surface area contributed by atoms with Gasteiger partial charge in [-0.3, -0.25) is 4.79 Å². The predicted molar refractivity (Wildman–Crippen MR) is 111 cm³/mol. The van der Waals surface area contributed by atoms with Crippen molar-refractivity contribution in [3.63, 3.8) is 0 Å². The topological polar surface area (TPSA) is 57.2 Å². The molecule has 1 heterocycles. The first-order valence-electron chi connectivity index (χ1n) is 9.99. The number of hydrogen-bond acceptors (Lipinski definition) is 5. The lowest BCUT2D eigenvalue weighted by atomic mass is 9.92. The molecule has 0 aliphatic carbocycles. The van der Waals surface area contributed by atoms with Crippen LogP contribution in [0.4, 0.5) is 0 Å². The summed E-state index contributed by atoms with van der Waals surface area (Å²) in [5.41, 5.74) is 2.85. The van der Waals surface area contributed by atoms with Gasteiger partial charge in [0.1, 0.15) is 0 Å². The SMILES string of the molecule is CCOc1ccc(C(=O)N2CCc3cc(OC)c(OC)cc3C2C)cc1OCC. The summed E-state index contributed by atoms with van der Waals surface area (Å²) in [7, 11) is 3.25. The summed E-state index contributed by atoms with van der Waals surface area (Å²) in [6.45, 7) is 7.56. The van der Waals surface area contributed by atoms with Crippen LogP contribution in [0.5, 0.6) is 23.0 Å². The van der Waals surface area contributed by atoms with Gasteiger partial charge in [-0.05, 0) is 68.7 Å². The molecule has 0 aromatic heterocycles. The summed E-state index contributed by atoms with van der Waals surface area (Å²) in [6, 6.07) is 9.28. The smallest absolute Gasteiger partial charge is 0.254 e. The van der Waals surface area contributed by atoms with Crippen molar-refractivity contribution in [2.75, 3.05) is 34.0 Å². The fourth-order valence-electron chi connectivity index (χ4n) is 3.77. The Morgan fingerprint density at radius 1 is 0.966 bits per heavy atom. The van der Waals surface area contributed by atoms with E-state index in [1.165, 1.54) is 5.56 Å². The van der Waals surface area contributed by atoms with Gasteiger partial charge in [-0.25, -0.2) is 0 Å². The molecule has 29 heavy (non-hydrogen) atoms. The molecule has 6 heteroatoms. The van der Waals surface area contributed by atoms with Crippen molar-refractivity contribution in [1.29, 1.82) is 0 Å². The van der Waals surface area contributed by atoms with Crippen molar-refractivity contribution in [1.82, 2.24) is 4.90 Å². The summed E-state index contributed by atoms with van der Waals surface area (Å²) in [6.07, 6.45) is 0.765. The Bertz CT molecular complexity index is 880. The second-order valence-corrected chi connectivity index (χ2v) is 6.86. The summed E-state index contributed by atoms with van der Waals surface area (Å²) >= 11 is 0. The minimum Gasteiger partial charge on any atom is -0.493 e. The molecule has 1 aliphatic heterocycles. The first-order chi connectivity index (χ1) is 14.0. The Morgan fingerprint density at radius 2 is 1.62 bits per heavy atom. The minimum absolute atomic E-state index is 0.0260. The van der Waals surface area contributed by atoms with Crippen LogP contribution in [0.1, 0.15) is 48.3 Å². The summed E-state index contributed by atoms with van der Waals surface area (Å²) in [4.78, 5) is 15.2. The number of fused-ring (bicyclic) bond motifs is 1. The van der Waals surface area contributed by atoms with Gasteiger partial charge in [0.2, 0.25) is 0 Å². The maximum Gasteiger partial charge on any atom is 0.254 e. The van der Waals surface area contributed by atoms with Crippen LogP contribution in [-0.4, -0.2) is 44.8 Å². The summed E-state index contributed by atoms with van der Waals surface area (Å²) < 4.78 is 22.2. The number of nitrogens with zero attached hydrogens (tertiary/aromatic N) is 1. The van der Waals surface area contributed by atoms with Gasteiger partial charge in [-0.15, -0.1) is 0 Å². The summed E-state index contributed by atoms with van der Waals surface area (Å²) in [5.74, 6) is 2.61. The molecule has 0 spiro atoms. The molecule has 1 amide bonds. The average Bonchev–Trinajstić information content (AvgIpc) is 2.74. The number of carbonyl (C=O) groups excluding carboxylic acids is 1. The molecule has 2 aromatic rings. The molecule has 2 aromatic carbocycles. The molecule has 0 saturated heterocycles. The number of benzene rings is 2. The number of hydrogen-bond donors (Lipinski definition) is 0. The number of rotatable bonds is 7. The number of ether oxygens (including phenoxy) is 4. The molecule has 0 saturated carbocycles. The highest BCUT2D eigenvalue weighted by molar-refractivity contribution is 5.95. The zero-order valence-electron chi connectivity index (χ0n) is 17.8. The van der Waals surface area contributed by atoms with E-state index < -0.39 is 0 Å². The van der Waals surface area contributed by atoms with Crippen LogP contribution in [0.15, 0.2) is 30.3 Å². The third-order valence-corrected chi connectivity index (χ3v) is 5.24. The van der Waals surface area contributed by atoms with E-state index in [4.69, 9.17) is 18.9 Å². The van der Waals surface area contributed by atoms with Gasteiger partial charge in [0.05, 0.1) is 33.5 Å². The van der Waals surface area contributed by atoms with Crippen molar-refractivity contribution in [2.45, 2.75) is 33.2 Å². The van der Waals surface area contributed by atoms with Crippen LogP contribution in [0.3, 0.4) is 0 Å². The largest absolute Gasteiger partial charge is 0.493 e. The monoisotopic (exact) mass is 399 g/mol. The highest BCUT2D eigenvalue weighted by atomic mass is 16.5. The lowest BCUT2D eigenvalue weighted by Crippen LogP contribution is -2.38. The zero-order chi connectivity index (χ0) is 21.0. The quantitative estimate of drug-likeness (QED) is 0.696. The van der Waals surface area contributed by atoms with Crippen LogP contribution in [-0.2, 0) is 6.42 Å². The van der Waals surface area contributed by atoms with Crippen molar-refractivity contribution in [3.05, 3.63) is 47.0 Å². The van der Waals surface area contributed by atoms with Crippen LogP contribution < -0.4 is 18.9 Å². The molecular weight excluding hydrogens is 370 g/mol. The predicted octanol–water partition coefficient (Wildman–Crippen LogP) is 4.26.